The molecule has 78 valence electrons. The fourth-order valence-electron chi connectivity index (χ4n) is 1.10. The molecule has 0 saturated carbocycles. The molecule has 0 aliphatic carbocycles. The summed E-state index contributed by atoms with van der Waals surface area (Å²) in [6.45, 7) is 3.63. The van der Waals surface area contributed by atoms with E-state index in [4.69, 9.17) is 10.2 Å². The van der Waals surface area contributed by atoms with Crippen LogP contribution in [-0.4, -0.2) is 11.9 Å². The molecule has 1 aromatic rings. The summed E-state index contributed by atoms with van der Waals surface area (Å²) in [5.41, 5.74) is 5.13. The Hall–Kier alpha value is -0.810. The minimum Gasteiger partial charge on any atom is -0.453 e. The molecule has 0 fully saturated rings. The van der Waals surface area contributed by atoms with Crippen LogP contribution in [0.4, 0.5) is 0 Å². The Labute approximate surface area is 91.0 Å². The molecule has 1 rings (SSSR count). The molecule has 4 nitrogen and oxygen atoms in total. The van der Waals surface area contributed by atoms with E-state index in [1.165, 1.54) is 0 Å². The number of furan rings is 1. The number of primary amides is 1. The first-order valence-electron chi connectivity index (χ1n) is 4.31. The number of nitrogens with two attached hydrogens (primary N) is 1. The van der Waals surface area contributed by atoms with Gasteiger partial charge in [0.25, 0.3) is 0 Å². The van der Waals surface area contributed by atoms with Crippen molar-refractivity contribution in [2.75, 3.05) is 0 Å². The van der Waals surface area contributed by atoms with E-state index < -0.39 is 0 Å². The van der Waals surface area contributed by atoms with Gasteiger partial charge in [-0.3, -0.25) is 10.1 Å². The molecule has 2 unspecified atom stereocenters. The van der Waals surface area contributed by atoms with E-state index in [0.29, 0.717) is 4.67 Å². The average molecular weight is 261 g/mol. The number of halogens is 1. The molecular weight excluding hydrogens is 248 g/mol. The van der Waals surface area contributed by atoms with Crippen LogP contribution in [0, 0.1) is 0 Å². The van der Waals surface area contributed by atoms with Gasteiger partial charge >= 0.3 is 0 Å². The van der Waals surface area contributed by atoms with E-state index in [9.17, 15) is 4.79 Å². The Morgan fingerprint density at radius 1 is 1.57 bits per heavy atom. The van der Waals surface area contributed by atoms with Crippen LogP contribution in [0.25, 0.3) is 0 Å². The molecule has 1 amide bonds. The molecule has 0 spiro atoms. The first-order valence-corrected chi connectivity index (χ1v) is 5.10. The van der Waals surface area contributed by atoms with Crippen molar-refractivity contribution in [3.8, 4) is 0 Å². The molecule has 3 N–H and O–H groups in total. The number of carbonyl (C=O) groups is 1. The number of nitrogens with one attached hydrogen (secondary N) is 1. The van der Waals surface area contributed by atoms with Gasteiger partial charge in [0.15, 0.2) is 4.67 Å². The van der Waals surface area contributed by atoms with Crippen molar-refractivity contribution >= 4 is 21.8 Å². The van der Waals surface area contributed by atoms with Crippen LogP contribution in [0.1, 0.15) is 25.6 Å². The molecule has 0 saturated heterocycles. The first-order chi connectivity index (χ1) is 6.50. The number of rotatable bonds is 4. The molecule has 5 heteroatoms. The highest BCUT2D eigenvalue weighted by Crippen LogP contribution is 2.20. The summed E-state index contributed by atoms with van der Waals surface area (Å²) < 4.78 is 6.00. The Balaban J connectivity index is 2.58. The van der Waals surface area contributed by atoms with E-state index in [0.717, 1.165) is 5.76 Å². The predicted molar refractivity (Wildman–Crippen MR) is 56.6 cm³/mol. The molecule has 1 heterocycles. The summed E-state index contributed by atoms with van der Waals surface area (Å²) in [6.07, 6.45) is 0. The molecule has 0 aromatic carbocycles. The molecule has 0 bridgehead atoms. The highest BCUT2D eigenvalue weighted by Gasteiger charge is 2.15. The van der Waals surface area contributed by atoms with Gasteiger partial charge in [0.05, 0.1) is 12.1 Å². The van der Waals surface area contributed by atoms with Crippen molar-refractivity contribution in [1.29, 1.82) is 0 Å². The monoisotopic (exact) mass is 260 g/mol. The smallest absolute Gasteiger partial charge is 0.234 e. The lowest BCUT2D eigenvalue weighted by Crippen LogP contribution is -2.39. The maximum atomic E-state index is 10.8. The second-order valence-electron chi connectivity index (χ2n) is 3.15. The summed E-state index contributed by atoms with van der Waals surface area (Å²) in [5, 5.41) is 3.02. The van der Waals surface area contributed by atoms with Crippen molar-refractivity contribution in [1.82, 2.24) is 5.32 Å². The summed E-state index contributed by atoms with van der Waals surface area (Å²) >= 11 is 3.21. The van der Waals surface area contributed by atoms with E-state index in [1.807, 2.05) is 19.1 Å². The second kappa shape index (κ2) is 4.61. The molecule has 2 atom stereocenters. The van der Waals surface area contributed by atoms with Crippen LogP contribution in [0.15, 0.2) is 21.2 Å². The van der Waals surface area contributed by atoms with Gasteiger partial charge in [0.2, 0.25) is 5.91 Å². The molecule has 0 aliphatic rings. The van der Waals surface area contributed by atoms with Crippen molar-refractivity contribution in [3.05, 3.63) is 22.6 Å². The van der Waals surface area contributed by atoms with Crippen LogP contribution in [0.5, 0.6) is 0 Å². The van der Waals surface area contributed by atoms with E-state index >= 15 is 0 Å². The summed E-state index contributed by atoms with van der Waals surface area (Å²) in [4.78, 5) is 10.8. The number of hydrogen-bond donors (Lipinski definition) is 2. The van der Waals surface area contributed by atoms with Gasteiger partial charge in [0.1, 0.15) is 5.76 Å². The van der Waals surface area contributed by atoms with E-state index in [-0.39, 0.29) is 18.0 Å². The molecule has 0 aliphatic heterocycles. The lowest BCUT2D eigenvalue weighted by atomic mass is 10.2. The quantitative estimate of drug-likeness (QED) is 0.864. The van der Waals surface area contributed by atoms with Crippen molar-refractivity contribution in [2.24, 2.45) is 5.73 Å². The number of carbonyl (C=O) groups excluding carboxylic acids is 1. The largest absolute Gasteiger partial charge is 0.453 e. The highest BCUT2D eigenvalue weighted by molar-refractivity contribution is 9.10. The minimum absolute atomic E-state index is 0.0381. The highest BCUT2D eigenvalue weighted by atomic mass is 79.9. The Morgan fingerprint density at radius 3 is 2.64 bits per heavy atom. The zero-order valence-corrected chi connectivity index (χ0v) is 9.67. The van der Waals surface area contributed by atoms with Crippen LogP contribution < -0.4 is 11.1 Å². The maximum Gasteiger partial charge on any atom is 0.234 e. The van der Waals surface area contributed by atoms with Crippen LogP contribution in [-0.2, 0) is 4.79 Å². The van der Waals surface area contributed by atoms with Crippen molar-refractivity contribution in [2.45, 2.75) is 25.9 Å². The van der Waals surface area contributed by atoms with Gasteiger partial charge in [-0.1, -0.05) is 0 Å². The van der Waals surface area contributed by atoms with Crippen molar-refractivity contribution < 1.29 is 9.21 Å². The SMILES string of the molecule is CC(NC(C)c1ccc(Br)o1)C(N)=O. The van der Waals surface area contributed by atoms with Gasteiger partial charge in [-0.05, 0) is 41.9 Å². The molecule has 1 aromatic heterocycles. The van der Waals surface area contributed by atoms with Crippen LogP contribution in [0.2, 0.25) is 0 Å². The fourth-order valence-corrected chi connectivity index (χ4v) is 1.42. The molecule has 0 radical (unpaired) electrons. The molecular formula is C9H13BrN2O2. The Bertz CT molecular complexity index is 324. The molecule has 14 heavy (non-hydrogen) atoms. The van der Waals surface area contributed by atoms with E-state index in [1.54, 1.807) is 6.92 Å². The fraction of sp³-hybridized carbons (Fsp3) is 0.444. The second-order valence-corrected chi connectivity index (χ2v) is 3.94. The van der Waals surface area contributed by atoms with Gasteiger partial charge in [0, 0.05) is 0 Å². The normalized spacial score (nSPS) is 15.1. The maximum absolute atomic E-state index is 10.8. The van der Waals surface area contributed by atoms with Crippen LogP contribution >= 0.6 is 15.9 Å². The minimum atomic E-state index is -0.373. The Kier molecular flexibility index (Phi) is 3.71. The summed E-state index contributed by atoms with van der Waals surface area (Å²) in [7, 11) is 0. The topological polar surface area (TPSA) is 68.3 Å². The third-order valence-electron chi connectivity index (χ3n) is 1.95. The average Bonchev–Trinajstić information content (AvgIpc) is 2.51. The lowest BCUT2D eigenvalue weighted by molar-refractivity contribution is -0.119. The number of hydrogen-bond acceptors (Lipinski definition) is 3. The van der Waals surface area contributed by atoms with Gasteiger partial charge < -0.3 is 10.2 Å². The predicted octanol–water partition coefficient (Wildman–Crippen LogP) is 1.57. The van der Waals surface area contributed by atoms with Gasteiger partial charge in [-0.2, -0.15) is 0 Å². The first kappa shape index (κ1) is 11.3. The van der Waals surface area contributed by atoms with Crippen LogP contribution in [0.3, 0.4) is 0 Å². The van der Waals surface area contributed by atoms with Gasteiger partial charge in [-0.15, -0.1) is 0 Å². The zero-order valence-electron chi connectivity index (χ0n) is 8.08. The van der Waals surface area contributed by atoms with Gasteiger partial charge in [-0.25, -0.2) is 0 Å². The summed E-state index contributed by atoms with van der Waals surface area (Å²) in [5.74, 6) is 0.396. The standard InChI is InChI=1S/C9H13BrN2O2/c1-5(12-6(2)9(11)13)7-3-4-8(10)14-7/h3-6,12H,1-2H3,(H2,11,13). The third-order valence-corrected chi connectivity index (χ3v) is 2.37. The lowest BCUT2D eigenvalue weighted by Gasteiger charge is -2.15. The zero-order chi connectivity index (χ0) is 10.7. The Morgan fingerprint density at radius 2 is 2.21 bits per heavy atom. The van der Waals surface area contributed by atoms with Crippen molar-refractivity contribution in [3.63, 3.8) is 0 Å². The van der Waals surface area contributed by atoms with E-state index in [2.05, 4.69) is 21.2 Å². The third kappa shape index (κ3) is 2.85. The summed E-state index contributed by atoms with van der Waals surface area (Å²) in [6, 6.07) is 3.25. The number of amides is 1.